The molecule has 1 atom stereocenters. The van der Waals surface area contributed by atoms with Crippen molar-refractivity contribution in [3.63, 3.8) is 0 Å². The Balaban J connectivity index is 2.38. The van der Waals surface area contributed by atoms with E-state index >= 15 is 0 Å². The smallest absolute Gasteiger partial charge is 0.0760 e. The fraction of sp³-hybridized carbons (Fsp3) is 1.00. The van der Waals surface area contributed by atoms with Gasteiger partial charge >= 0.3 is 0 Å². The summed E-state index contributed by atoms with van der Waals surface area (Å²) in [5, 5.41) is 3.29. The quantitative estimate of drug-likeness (QED) is 0.800. The molecule has 0 aliphatic carbocycles. The molecular weight excluding hydrogens is 212 g/mol. The van der Waals surface area contributed by atoms with E-state index in [9.17, 15) is 0 Å². The summed E-state index contributed by atoms with van der Waals surface area (Å²) >= 11 is 0. The number of rotatable bonds is 5. The predicted octanol–water partition coefficient (Wildman–Crippen LogP) is 2.26. The fourth-order valence-corrected chi connectivity index (χ4v) is 2.87. The third-order valence-electron chi connectivity index (χ3n) is 3.37. The van der Waals surface area contributed by atoms with E-state index in [4.69, 9.17) is 4.74 Å². The number of hydrogen-bond donors (Lipinski definition) is 1. The lowest BCUT2D eigenvalue weighted by Gasteiger charge is -2.47. The van der Waals surface area contributed by atoms with Gasteiger partial charge in [0.05, 0.1) is 11.2 Å². The molecule has 0 aromatic heterocycles. The van der Waals surface area contributed by atoms with Crippen molar-refractivity contribution in [2.24, 2.45) is 0 Å². The van der Waals surface area contributed by atoms with Gasteiger partial charge in [0.15, 0.2) is 0 Å². The molecule has 1 aliphatic heterocycles. The Morgan fingerprint density at radius 1 is 1.18 bits per heavy atom. The van der Waals surface area contributed by atoms with Crippen molar-refractivity contribution in [1.82, 2.24) is 10.2 Å². The van der Waals surface area contributed by atoms with Gasteiger partial charge in [0.25, 0.3) is 0 Å². The van der Waals surface area contributed by atoms with Crippen molar-refractivity contribution < 1.29 is 4.74 Å². The normalized spacial score (nSPS) is 25.8. The van der Waals surface area contributed by atoms with Gasteiger partial charge in [-0.15, -0.1) is 0 Å². The second kappa shape index (κ2) is 5.68. The zero-order chi connectivity index (χ0) is 13.1. The summed E-state index contributed by atoms with van der Waals surface area (Å²) in [4.78, 5) is 2.55. The molecule has 0 amide bonds. The third-order valence-corrected chi connectivity index (χ3v) is 3.37. The SMILES string of the molecule is CNC(C)CCCN1CC(C)(C)OC(C)(C)C1. The van der Waals surface area contributed by atoms with Gasteiger partial charge in [0.2, 0.25) is 0 Å². The van der Waals surface area contributed by atoms with Crippen LogP contribution in [0.25, 0.3) is 0 Å². The molecule has 102 valence electrons. The Morgan fingerprint density at radius 2 is 1.71 bits per heavy atom. The number of nitrogens with zero attached hydrogens (tertiary/aromatic N) is 1. The molecule has 3 nitrogen and oxygen atoms in total. The first kappa shape index (κ1) is 14.9. The number of hydrogen-bond acceptors (Lipinski definition) is 3. The minimum atomic E-state index is -0.0175. The van der Waals surface area contributed by atoms with Crippen LogP contribution in [0.15, 0.2) is 0 Å². The maximum absolute atomic E-state index is 6.09. The Bertz CT molecular complexity index is 222. The van der Waals surface area contributed by atoms with E-state index in [0.717, 1.165) is 13.1 Å². The van der Waals surface area contributed by atoms with Gasteiger partial charge in [0, 0.05) is 19.1 Å². The highest BCUT2D eigenvalue weighted by Gasteiger charge is 2.37. The molecule has 1 N–H and O–H groups in total. The molecule has 0 radical (unpaired) electrons. The van der Waals surface area contributed by atoms with E-state index in [1.54, 1.807) is 0 Å². The van der Waals surface area contributed by atoms with E-state index in [1.807, 2.05) is 7.05 Å². The first-order chi connectivity index (χ1) is 7.74. The number of ether oxygens (including phenoxy) is 1. The van der Waals surface area contributed by atoms with Crippen molar-refractivity contribution in [2.45, 2.75) is 64.7 Å². The molecule has 1 unspecified atom stereocenters. The lowest BCUT2D eigenvalue weighted by atomic mass is 9.98. The molecule has 3 heteroatoms. The van der Waals surface area contributed by atoms with Gasteiger partial charge in [-0.05, 0) is 61.1 Å². The Hall–Kier alpha value is -0.120. The van der Waals surface area contributed by atoms with Gasteiger partial charge in [-0.3, -0.25) is 4.90 Å². The molecular formula is C14H30N2O. The highest BCUT2D eigenvalue weighted by atomic mass is 16.5. The summed E-state index contributed by atoms with van der Waals surface area (Å²) in [6, 6.07) is 0.622. The molecule has 17 heavy (non-hydrogen) atoms. The van der Waals surface area contributed by atoms with Crippen LogP contribution in [0.2, 0.25) is 0 Å². The van der Waals surface area contributed by atoms with Crippen molar-refractivity contribution in [3.8, 4) is 0 Å². The van der Waals surface area contributed by atoms with Gasteiger partial charge < -0.3 is 10.1 Å². The predicted molar refractivity (Wildman–Crippen MR) is 73.4 cm³/mol. The molecule has 0 spiro atoms. The minimum Gasteiger partial charge on any atom is -0.367 e. The number of nitrogens with one attached hydrogen (secondary N) is 1. The van der Waals surface area contributed by atoms with Crippen LogP contribution < -0.4 is 5.32 Å². The average Bonchev–Trinajstić information content (AvgIpc) is 2.12. The Morgan fingerprint density at radius 3 is 2.18 bits per heavy atom. The van der Waals surface area contributed by atoms with Crippen LogP contribution >= 0.6 is 0 Å². The van der Waals surface area contributed by atoms with E-state index in [-0.39, 0.29) is 11.2 Å². The topological polar surface area (TPSA) is 24.5 Å². The summed E-state index contributed by atoms with van der Waals surface area (Å²) < 4.78 is 6.09. The molecule has 1 rings (SSSR count). The Labute approximate surface area is 107 Å². The van der Waals surface area contributed by atoms with Gasteiger partial charge in [0.1, 0.15) is 0 Å². The van der Waals surface area contributed by atoms with E-state index in [0.29, 0.717) is 6.04 Å². The van der Waals surface area contributed by atoms with Crippen molar-refractivity contribution in [2.75, 3.05) is 26.7 Å². The summed E-state index contributed by atoms with van der Waals surface area (Å²) in [5.41, 5.74) is -0.0350. The van der Waals surface area contributed by atoms with Gasteiger partial charge in [-0.2, -0.15) is 0 Å². The maximum atomic E-state index is 6.09. The summed E-state index contributed by atoms with van der Waals surface area (Å²) in [7, 11) is 2.03. The zero-order valence-electron chi connectivity index (χ0n) is 12.5. The van der Waals surface area contributed by atoms with Crippen LogP contribution in [0, 0.1) is 0 Å². The molecule has 1 aliphatic rings. The van der Waals surface area contributed by atoms with E-state index in [2.05, 4.69) is 44.8 Å². The monoisotopic (exact) mass is 242 g/mol. The van der Waals surface area contributed by atoms with E-state index in [1.165, 1.54) is 19.4 Å². The third kappa shape index (κ3) is 5.36. The second-order valence-corrected chi connectivity index (χ2v) is 6.66. The van der Waals surface area contributed by atoms with Crippen LogP contribution in [0.3, 0.4) is 0 Å². The van der Waals surface area contributed by atoms with Crippen molar-refractivity contribution >= 4 is 0 Å². The lowest BCUT2D eigenvalue weighted by molar-refractivity contribution is -0.180. The fourth-order valence-electron chi connectivity index (χ4n) is 2.87. The molecule has 0 bridgehead atoms. The molecule has 0 aromatic carbocycles. The summed E-state index contributed by atoms with van der Waals surface area (Å²) in [6.07, 6.45) is 2.50. The van der Waals surface area contributed by atoms with Gasteiger partial charge in [-0.1, -0.05) is 0 Å². The summed E-state index contributed by atoms with van der Waals surface area (Å²) in [5.74, 6) is 0. The summed E-state index contributed by atoms with van der Waals surface area (Å²) in [6.45, 7) is 14.3. The van der Waals surface area contributed by atoms with E-state index < -0.39 is 0 Å². The van der Waals surface area contributed by atoms with Gasteiger partial charge in [-0.25, -0.2) is 0 Å². The highest BCUT2D eigenvalue weighted by molar-refractivity contribution is 4.89. The van der Waals surface area contributed by atoms with Crippen LogP contribution in [0.5, 0.6) is 0 Å². The number of morpholine rings is 1. The van der Waals surface area contributed by atoms with Crippen LogP contribution in [-0.2, 0) is 4.74 Å². The zero-order valence-corrected chi connectivity index (χ0v) is 12.5. The standard InChI is InChI=1S/C14H30N2O/c1-12(15-6)8-7-9-16-10-13(2,3)17-14(4,5)11-16/h12,15H,7-11H2,1-6H3. The average molecular weight is 242 g/mol. The largest absolute Gasteiger partial charge is 0.367 e. The maximum Gasteiger partial charge on any atom is 0.0760 e. The second-order valence-electron chi connectivity index (χ2n) is 6.66. The first-order valence-corrected chi connectivity index (χ1v) is 6.84. The van der Waals surface area contributed by atoms with Crippen molar-refractivity contribution in [3.05, 3.63) is 0 Å². The highest BCUT2D eigenvalue weighted by Crippen LogP contribution is 2.28. The van der Waals surface area contributed by atoms with Crippen LogP contribution in [0.1, 0.15) is 47.5 Å². The van der Waals surface area contributed by atoms with Crippen molar-refractivity contribution in [1.29, 1.82) is 0 Å². The molecule has 1 fully saturated rings. The molecule has 1 saturated heterocycles. The first-order valence-electron chi connectivity index (χ1n) is 6.84. The molecule has 1 heterocycles. The Kier molecular flexibility index (Phi) is 4.99. The lowest BCUT2D eigenvalue weighted by Crippen LogP contribution is -2.57. The van der Waals surface area contributed by atoms with Crippen LogP contribution in [0.4, 0.5) is 0 Å². The van der Waals surface area contributed by atoms with Crippen LogP contribution in [-0.4, -0.2) is 48.8 Å². The molecule has 0 aromatic rings. The minimum absolute atomic E-state index is 0.0175. The molecule has 0 saturated carbocycles.